The summed E-state index contributed by atoms with van der Waals surface area (Å²) in [6, 6.07) is 5.21. The second-order valence-corrected chi connectivity index (χ2v) is 4.97. The van der Waals surface area contributed by atoms with E-state index in [2.05, 4.69) is 9.97 Å². The molecular weight excluding hydrogens is 269 g/mol. The standard InChI is InChI=1S/C12H12FN3O2S/c1-6(17)8-4-7(13)2-3-9(8)19-12-15-10(14)5-11(18)16-12/h2-6,17H,1H3,(H3,14,15,16,18)/t6-/m0/s1. The van der Waals surface area contributed by atoms with E-state index in [9.17, 15) is 14.3 Å². The van der Waals surface area contributed by atoms with Crippen molar-refractivity contribution in [3.8, 4) is 0 Å². The number of anilines is 1. The molecule has 2 aromatic rings. The van der Waals surface area contributed by atoms with E-state index in [0.29, 0.717) is 15.6 Å². The maximum absolute atomic E-state index is 13.2. The van der Waals surface area contributed by atoms with Crippen LogP contribution < -0.4 is 11.3 Å². The van der Waals surface area contributed by atoms with E-state index in [1.165, 1.54) is 31.2 Å². The molecule has 0 unspecified atom stereocenters. The number of aliphatic hydroxyl groups excluding tert-OH is 1. The van der Waals surface area contributed by atoms with Crippen LogP contribution in [-0.4, -0.2) is 15.1 Å². The van der Waals surface area contributed by atoms with E-state index in [1.54, 1.807) is 0 Å². The van der Waals surface area contributed by atoms with Gasteiger partial charge in [-0.15, -0.1) is 0 Å². The first-order chi connectivity index (χ1) is 8.95. The van der Waals surface area contributed by atoms with E-state index >= 15 is 0 Å². The molecule has 1 aromatic carbocycles. The lowest BCUT2D eigenvalue weighted by Crippen LogP contribution is -2.09. The third-order valence-electron chi connectivity index (χ3n) is 2.37. The van der Waals surface area contributed by atoms with E-state index in [-0.39, 0.29) is 11.4 Å². The minimum absolute atomic E-state index is 0.104. The molecule has 0 aliphatic heterocycles. The molecule has 1 atom stereocenters. The zero-order valence-electron chi connectivity index (χ0n) is 10.1. The average Bonchev–Trinajstić information content (AvgIpc) is 2.30. The van der Waals surface area contributed by atoms with Gasteiger partial charge in [0, 0.05) is 11.0 Å². The van der Waals surface area contributed by atoms with Crippen molar-refractivity contribution in [2.75, 3.05) is 5.73 Å². The van der Waals surface area contributed by atoms with Crippen LogP contribution in [0.5, 0.6) is 0 Å². The quantitative estimate of drug-likeness (QED) is 0.745. The third-order valence-corrected chi connectivity index (χ3v) is 3.35. The van der Waals surface area contributed by atoms with Gasteiger partial charge in [0.1, 0.15) is 11.6 Å². The summed E-state index contributed by atoms with van der Waals surface area (Å²) in [4.78, 5) is 18.4. The zero-order chi connectivity index (χ0) is 14.0. The number of H-pyrrole nitrogens is 1. The molecular formula is C12H12FN3O2S. The van der Waals surface area contributed by atoms with Gasteiger partial charge >= 0.3 is 0 Å². The third kappa shape index (κ3) is 3.33. The molecule has 0 amide bonds. The average molecular weight is 281 g/mol. The van der Waals surface area contributed by atoms with Gasteiger partial charge in [0.2, 0.25) is 0 Å². The fourth-order valence-electron chi connectivity index (χ4n) is 1.54. The Balaban J connectivity index is 2.40. The highest BCUT2D eigenvalue weighted by Crippen LogP contribution is 2.31. The summed E-state index contributed by atoms with van der Waals surface area (Å²) >= 11 is 1.11. The molecule has 1 heterocycles. The van der Waals surface area contributed by atoms with Crippen molar-refractivity contribution in [1.29, 1.82) is 0 Å². The van der Waals surface area contributed by atoms with Crippen LogP contribution in [0.1, 0.15) is 18.6 Å². The molecule has 19 heavy (non-hydrogen) atoms. The van der Waals surface area contributed by atoms with Gasteiger partial charge in [-0.25, -0.2) is 9.37 Å². The fraction of sp³-hybridized carbons (Fsp3) is 0.167. The minimum Gasteiger partial charge on any atom is -0.389 e. The van der Waals surface area contributed by atoms with Crippen LogP contribution in [-0.2, 0) is 0 Å². The summed E-state index contributed by atoms with van der Waals surface area (Å²) in [6.07, 6.45) is -0.828. The Bertz CT molecular complexity index is 658. The Kier molecular flexibility index (Phi) is 3.87. The Morgan fingerprint density at radius 3 is 2.84 bits per heavy atom. The molecule has 0 saturated carbocycles. The number of rotatable bonds is 3. The van der Waals surface area contributed by atoms with Crippen molar-refractivity contribution in [1.82, 2.24) is 9.97 Å². The zero-order valence-corrected chi connectivity index (χ0v) is 10.9. The molecule has 7 heteroatoms. The molecule has 0 fully saturated rings. The molecule has 0 bridgehead atoms. The first kappa shape index (κ1) is 13.6. The molecule has 4 N–H and O–H groups in total. The molecule has 0 aliphatic carbocycles. The van der Waals surface area contributed by atoms with Crippen LogP contribution in [0, 0.1) is 5.82 Å². The fourth-order valence-corrected chi connectivity index (χ4v) is 2.54. The van der Waals surface area contributed by atoms with Crippen LogP contribution in [0.25, 0.3) is 0 Å². The molecule has 1 aromatic heterocycles. The summed E-state index contributed by atoms with van der Waals surface area (Å²) in [5.74, 6) is -0.332. The molecule has 0 spiro atoms. The van der Waals surface area contributed by atoms with Gasteiger partial charge in [-0.3, -0.25) is 4.79 Å². The van der Waals surface area contributed by atoms with Crippen LogP contribution in [0.15, 0.2) is 39.1 Å². The smallest absolute Gasteiger partial charge is 0.253 e. The van der Waals surface area contributed by atoms with Gasteiger partial charge in [-0.05, 0) is 30.7 Å². The molecule has 0 saturated heterocycles. The van der Waals surface area contributed by atoms with Gasteiger partial charge in [-0.1, -0.05) is 11.8 Å². The largest absolute Gasteiger partial charge is 0.389 e. The minimum atomic E-state index is -0.828. The molecule has 100 valence electrons. The van der Waals surface area contributed by atoms with Crippen molar-refractivity contribution >= 4 is 17.6 Å². The highest BCUT2D eigenvalue weighted by atomic mass is 32.2. The Morgan fingerprint density at radius 1 is 1.47 bits per heavy atom. The topological polar surface area (TPSA) is 92.0 Å². The number of nitrogens with two attached hydrogens (primary N) is 1. The number of nitrogens with one attached hydrogen (secondary N) is 1. The van der Waals surface area contributed by atoms with Crippen LogP contribution in [0.4, 0.5) is 10.2 Å². The van der Waals surface area contributed by atoms with Crippen LogP contribution in [0.3, 0.4) is 0 Å². The number of nitrogen functional groups attached to an aromatic ring is 1. The summed E-state index contributed by atoms with van der Waals surface area (Å²) in [7, 11) is 0. The van der Waals surface area contributed by atoms with Crippen molar-refractivity contribution in [3.05, 3.63) is 46.0 Å². The van der Waals surface area contributed by atoms with Gasteiger partial charge in [-0.2, -0.15) is 0 Å². The second-order valence-electron chi connectivity index (χ2n) is 3.94. The number of hydrogen-bond donors (Lipinski definition) is 3. The van der Waals surface area contributed by atoms with Gasteiger partial charge in [0.05, 0.1) is 6.10 Å². The Hall–Kier alpha value is -1.86. The van der Waals surface area contributed by atoms with Gasteiger partial charge in [0.25, 0.3) is 5.56 Å². The lowest BCUT2D eigenvalue weighted by Gasteiger charge is -2.11. The number of nitrogens with zero attached hydrogens (tertiary/aromatic N) is 1. The number of aromatic amines is 1. The summed E-state index contributed by atoms with van der Waals surface area (Å²) in [5.41, 5.74) is 5.54. The highest BCUT2D eigenvalue weighted by molar-refractivity contribution is 7.99. The SMILES string of the molecule is C[C@H](O)c1cc(F)ccc1Sc1nc(N)cc(=O)[nH]1. The normalized spacial score (nSPS) is 12.4. The maximum atomic E-state index is 13.2. The van der Waals surface area contributed by atoms with Gasteiger partial charge in [0.15, 0.2) is 5.16 Å². The first-order valence-electron chi connectivity index (χ1n) is 5.48. The molecule has 2 rings (SSSR count). The number of aromatic nitrogens is 2. The first-order valence-corrected chi connectivity index (χ1v) is 6.29. The summed E-state index contributed by atoms with van der Waals surface area (Å²) < 4.78 is 13.2. The summed E-state index contributed by atoms with van der Waals surface area (Å²) in [6.45, 7) is 1.54. The van der Waals surface area contributed by atoms with E-state index in [0.717, 1.165) is 11.8 Å². The number of benzene rings is 1. The molecule has 5 nitrogen and oxygen atoms in total. The van der Waals surface area contributed by atoms with Crippen molar-refractivity contribution < 1.29 is 9.50 Å². The van der Waals surface area contributed by atoms with E-state index in [1.807, 2.05) is 0 Å². The van der Waals surface area contributed by atoms with Crippen molar-refractivity contribution in [2.24, 2.45) is 0 Å². The van der Waals surface area contributed by atoms with Crippen LogP contribution in [0.2, 0.25) is 0 Å². The Morgan fingerprint density at radius 2 is 2.21 bits per heavy atom. The summed E-state index contributed by atoms with van der Waals surface area (Å²) in [5, 5.41) is 9.91. The number of aliphatic hydroxyl groups is 1. The molecule has 0 radical (unpaired) electrons. The number of halogens is 1. The predicted octanol–water partition coefficient (Wildman–Crippen LogP) is 1.70. The van der Waals surface area contributed by atoms with E-state index in [4.69, 9.17) is 5.73 Å². The maximum Gasteiger partial charge on any atom is 0.253 e. The van der Waals surface area contributed by atoms with Crippen LogP contribution >= 0.6 is 11.8 Å². The second kappa shape index (κ2) is 5.41. The van der Waals surface area contributed by atoms with Gasteiger partial charge < -0.3 is 15.8 Å². The lowest BCUT2D eigenvalue weighted by molar-refractivity contribution is 0.196. The van der Waals surface area contributed by atoms with E-state index < -0.39 is 11.9 Å². The lowest BCUT2D eigenvalue weighted by atomic mass is 10.1. The predicted molar refractivity (Wildman–Crippen MR) is 70.4 cm³/mol. The molecule has 0 aliphatic rings. The number of hydrogen-bond acceptors (Lipinski definition) is 5. The van der Waals surface area contributed by atoms with Crippen molar-refractivity contribution in [3.63, 3.8) is 0 Å². The highest BCUT2D eigenvalue weighted by Gasteiger charge is 2.12. The van der Waals surface area contributed by atoms with Crippen molar-refractivity contribution in [2.45, 2.75) is 23.1 Å². The monoisotopic (exact) mass is 281 g/mol. The Labute approximate surface area is 112 Å².